The van der Waals surface area contributed by atoms with Crippen LogP contribution in [0.4, 0.5) is 0 Å². The summed E-state index contributed by atoms with van der Waals surface area (Å²) in [6, 6.07) is 4.82. The number of benzene rings is 1. The molecule has 0 radical (unpaired) electrons. The van der Waals surface area contributed by atoms with Crippen LogP contribution in [0.15, 0.2) is 18.2 Å². The highest BCUT2D eigenvalue weighted by molar-refractivity contribution is 6.00. The molecule has 4 heteroatoms. The summed E-state index contributed by atoms with van der Waals surface area (Å²) in [6.07, 6.45) is 0.849. The number of rotatable bonds is 5. The van der Waals surface area contributed by atoms with E-state index in [1.807, 2.05) is 20.8 Å². The molecule has 0 unspecified atom stereocenters. The van der Waals surface area contributed by atoms with Crippen LogP contribution in [0.3, 0.4) is 0 Å². The summed E-state index contributed by atoms with van der Waals surface area (Å²) in [7, 11) is 0. The summed E-state index contributed by atoms with van der Waals surface area (Å²) >= 11 is 0. The molecule has 0 atom stereocenters. The highest BCUT2D eigenvalue weighted by Crippen LogP contribution is 2.24. The van der Waals surface area contributed by atoms with E-state index >= 15 is 0 Å². The molecule has 0 bridgehead atoms. The molecular formula is C14H19NO3. The number of carbonyl (C=O) groups is 2. The number of carbonyl (C=O) groups excluding carboxylic acids is 1. The van der Waals surface area contributed by atoms with Gasteiger partial charge in [0.15, 0.2) is 0 Å². The van der Waals surface area contributed by atoms with Gasteiger partial charge in [-0.25, -0.2) is 4.79 Å². The second kappa shape index (κ2) is 6.19. The van der Waals surface area contributed by atoms with Gasteiger partial charge in [0, 0.05) is 12.1 Å². The maximum atomic E-state index is 12.0. The van der Waals surface area contributed by atoms with Crippen molar-refractivity contribution >= 4 is 11.9 Å². The van der Waals surface area contributed by atoms with E-state index in [0.29, 0.717) is 17.7 Å². The van der Waals surface area contributed by atoms with Gasteiger partial charge in [0.2, 0.25) is 0 Å². The van der Waals surface area contributed by atoms with Crippen LogP contribution in [-0.2, 0) is 0 Å². The molecule has 0 fully saturated rings. The summed E-state index contributed by atoms with van der Waals surface area (Å²) in [5.41, 5.74) is 1.26. The van der Waals surface area contributed by atoms with Crippen LogP contribution in [0.2, 0.25) is 0 Å². The number of hydrogen-bond acceptors (Lipinski definition) is 2. The Bertz CT molecular complexity index is 452. The Morgan fingerprint density at radius 3 is 2.39 bits per heavy atom. The lowest BCUT2D eigenvalue weighted by Crippen LogP contribution is -2.26. The van der Waals surface area contributed by atoms with Crippen molar-refractivity contribution < 1.29 is 14.7 Å². The third kappa shape index (κ3) is 3.09. The highest BCUT2D eigenvalue weighted by Gasteiger charge is 2.20. The molecule has 0 aliphatic carbocycles. The van der Waals surface area contributed by atoms with Crippen LogP contribution in [0, 0.1) is 0 Å². The molecule has 1 amide bonds. The Labute approximate surface area is 107 Å². The van der Waals surface area contributed by atoms with Crippen molar-refractivity contribution in [1.29, 1.82) is 0 Å². The van der Waals surface area contributed by atoms with E-state index in [0.717, 1.165) is 6.42 Å². The Balaban J connectivity index is 3.22. The fraction of sp³-hybridized carbons (Fsp3) is 0.429. The van der Waals surface area contributed by atoms with Gasteiger partial charge in [-0.15, -0.1) is 0 Å². The molecular weight excluding hydrogens is 230 g/mol. The molecule has 0 aliphatic rings. The molecule has 0 heterocycles. The summed E-state index contributed by atoms with van der Waals surface area (Å²) < 4.78 is 0. The first-order valence-electron chi connectivity index (χ1n) is 6.13. The molecule has 2 N–H and O–H groups in total. The molecule has 0 spiro atoms. The molecule has 0 saturated heterocycles. The normalized spacial score (nSPS) is 10.4. The smallest absolute Gasteiger partial charge is 0.335 e. The van der Waals surface area contributed by atoms with E-state index in [1.54, 1.807) is 12.1 Å². The first kappa shape index (κ1) is 14.2. The average molecular weight is 249 g/mol. The zero-order valence-corrected chi connectivity index (χ0v) is 11.0. The Morgan fingerprint density at radius 1 is 1.28 bits per heavy atom. The molecule has 1 aromatic carbocycles. The lowest BCUT2D eigenvalue weighted by Gasteiger charge is -2.15. The van der Waals surface area contributed by atoms with Gasteiger partial charge < -0.3 is 10.4 Å². The van der Waals surface area contributed by atoms with Crippen LogP contribution < -0.4 is 5.32 Å². The maximum Gasteiger partial charge on any atom is 0.335 e. The van der Waals surface area contributed by atoms with Crippen molar-refractivity contribution in [3.63, 3.8) is 0 Å². The summed E-state index contributed by atoms with van der Waals surface area (Å²) in [4.78, 5) is 23.2. The van der Waals surface area contributed by atoms with Gasteiger partial charge in [0.05, 0.1) is 5.56 Å². The zero-order chi connectivity index (χ0) is 13.7. The molecule has 0 saturated carbocycles. The van der Waals surface area contributed by atoms with E-state index in [9.17, 15) is 9.59 Å². The Morgan fingerprint density at radius 2 is 1.89 bits per heavy atom. The number of amides is 1. The van der Waals surface area contributed by atoms with Gasteiger partial charge in [-0.2, -0.15) is 0 Å². The molecule has 4 nitrogen and oxygen atoms in total. The van der Waals surface area contributed by atoms with Gasteiger partial charge in [0.25, 0.3) is 5.91 Å². The first-order chi connectivity index (χ1) is 8.49. The minimum Gasteiger partial charge on any atom is -0.478 e. The minimum atomic E-state index is -0.996. The van der Waals surface area contributed by atoms with Crippen molar-refractivity contribution in [2.45, 2.75) is 33.1 Å². The van der Waals surface area contributed by atoms with Gasteiger partial charge in [-0.1, -0.05) is 26.8 Å². The lowest BCUT2D eigenvalue weighted by molar-refractivity contribution is 0.0695. The van der Waals surface area contributed by atoms with Crippen molar-refractivity contribution in [2.75, 3.05) is 6.54 Å². The van der Waals surface area contributed by atoms with E-state index in [1.165, 1.54) is 6.07 Å². The number of hydrogen-bond donors (Lipinski definition) is 2. The third-order valence-corrected chi connectivity index (χ3v) is 2.69. The molecule has 18 heavy (non-hydrogen) atoms. The maximum absolute atomic E-state index is 12.0. The molecule has 1 rings (SSSR count). The summed E-state index contributed by atoms with van der Waals surface area (Å²) in [5, 5.41) is 11.9. The van der Waals surface area contributed by atoms with Crippen molar-refractivity contribution in [2.24, 2.45) is 0 Å². The van der Waals surface area contributed by atoms with E-state index in [2.05, 4.69) is 5.32 Å². The standard InChI is InChI=1S/C14H19NO3/c1-4-8-15-13(16)10-6-5-7-11(14(17)18)12(10)9(2)3/h5-7,9H,4,8H2,1-3H3,(H,15,16)(H,17,18). The van der Waals surface area contributed by atoms with Gasteiger partial charge >= 0.3 is 5.97 Å². The summed E-state index contributed by atoms with van der Waals surface area (Å²) in [5.74, 6) is -1.22. The number of carboxylic acids is 1. The Hall–Kier alpha value is -1.84. The van der Waals surface area contributed by atoms with Gasteiger partial charge in [-0.05, 0) is 30.0 Å². The predicted molar refractivity (Wildman–Crippen MR) is 70.1 cm³/mol. The van der Waals surface area contributed by atoms with E-state index < -0.39 is 5.97 Å². The van der Waals surface area contributed by atoms with Crippen LogP contribution in [0.1, 0.15) is 59.4 Å². The Kier molecular flexibility index (Phi) is 4.89. The predicted octanol–water partition coefficient (Wildman–Crippen LogP) is 2.65. The summed E-state index contributed by atoms with van der Waals surface area (Å²) in [6.45, 7) is 6.34. The number of carboxylic acid groups (broad SMARTS) is 1. The van der Waals surface area contributed by atoms with Gasteiger partial charge in [-0.3, -0.25) is 4.79 Å². The third-order valence-electron chi connectivity index (χ3n) is 2.69. The van der Waals surface area contributed by atoms with Gasteiger partial charge in [0.1, 0.15) is 0 Å². The van der Waals surface area contributed by atoms with Crippen LogP contribution in [0.25, 0.3) is 0 Å². The fourth-order valence-electron chi connectivity index (χ4n) is 1.91. The number of aromatic carboxylic acids is 1. The minimum absolute atomic E-state index is 0.0142. The quantitative estimate of drug-likeness (QED) is 0.843. The largest absolute Gasteiger partial charge is 0.478 e. The topological polar surface area (TPSA) is 66.4 Å². The monoisotopic (exact) mass is 249 g/mol. The molecule has 1 aromatic rings. The zero-order valence-electron chi connectivity index (χ0n) is 11.0. The second-order valence-corrected chi connectivity index (χ2v) is 4.48. The van der Waals surface area contributed by atoms with E-state index in [-0.39, 0.29) is 17.4 Å². The van der Waals surface area contributed by atoms with Crippen LogP contribution in [0.5, 0.6) is 0 Å². The molecule has 0 aliphatic heterocycles. The average Bonchev–Trinajstić information content (AvgIpc) is 2.34. The van der Waals surface area contributed by atoms with Crippen LogP contribution in [-0.4, -0.2) is 23.5 Å². The SMILES string of the molecule is CCCNC(=O)c1cccc(C(=O)O)c1C(C)C. The first-order valence-corrected chi connectivity index (χ1v) is 6.13. The van der Waals surface area contributed by atoms with Crippen molar-refractivity contribution in [3.8, 4) is 0 Å². The van der Waals surface area contributed by atoms with Crippen molar-refractivity contribution in [1.82, 2.24) is 5.32 Å². The van der Waals surface area contributed by atoms with Crippen LogP contribution >= 0.6 is 0 Å². The number of nitrogens with one attached hydrogen (secondary N) is 1. The lowest BCUT2D eigenvalue weighted by atomic mass is 9.91. The second-order valence-electron chi connectivity index (χ2n) is 4.48. The molecule has 98 valence electrons. The highest BCUT2D eigenvalue weighted by atomic mass is 16.4. The molecule has 0 aromatic heterocycles. The van der Waals surface area contributed by atoms with E-state index in [4.69, 9.17) is 5.11 Å². The fourth-order valence-corrected chi connectivity index (χ4v) is 1.91. The van der Waals surface area contributed by atoms with Crippen molar-refractivity contribution in [3.05, 3.63) is 34.9 Å².